The molecule has 0 N–H and O–H groups in total. The molecule has 0 heterocycles. The summed E-state index contributed by atoms with van der Waals surface area (Å²) in [6.07, 6.45) is 2.07. The molecule has 0 aromatic carbocycles. The molecule has 0 aliphatic carbocycles. The Bertz CT molecular complexity index is 257. The van der Waals surface area contributed by atoms with Crippen LogP contribution in [-0.4, -0.2) is 33.9 Å². The van der Waals surface area contributed by atoms with E-state index in [1.807, 2.05) is 0 Å². The maximum Gasteiger partial charge on any atom is 0.339 e. The molecule has 0 rings (SSSR count). The van der Waals surface area contributed by atoms with Crippen LogP contribution in [0, 0.1) is 0 Å². The lowest BCUT2D eigenvalue weighted by Crippen LogP contribution is -2.06. The lowest BCUT2D eigenvalue weighted by atomic mass is 10.3. The second-order valence-corrected chi connectivity index (χ2v) is 4.27. The highest BCUT2D eigenvalue weighted by atomic mass is 32.2. The van der Waals surface area contributed by atoms with Gasteiger partial charge in [-0.2, -0.15) is 13.3 Å². The highest BCUT2D eigenvalue weighted by molar-refractivity contribution is 7.85. The van der Waals surface area contributed by atoms with E-state index in [4.69, 9.17) is 0 Å². The minimum Gasteiger partial charge on any atom is -0.299 e. The largest absolute Gasteiger partial charge is 0.339 e. The molecule has 0 saturated heterocycles. The molecule has 0 amide bonds. The average molecular weight is 226 g/mol. The first-order chi connectivity index (χ1) is 6.42. The van der Waals surface area contributed by atoms with Crippen LogP contribution in [0.15, 0.2) is 0 Å². The second-order valence-electron chi connectivity index (χ2n) is 2.63. The van der Waals surface area contributed by atoms with Gasteiger partial charge in [-0.25, -0.2) is 4.79 Å². The lowest BCUT2D eigenvalue weighted by Gasteiger charge is -2.01. The van der Waals surface area contributed by atoms with Gasteiger partial charge in [-0.1, -0.05) is 0 Å². The molecule has 0 bridgehead atoms. The molecule has 0 fully saturated rings. The number of hydrogen-bond donors (Lipinski definition) is 0. The normalized spacial score (nSPS) is 11.3. The number of hydrogen-bond acceptors (Lipinski definition) is 6. The van der Waals surface area contributed by atoms with Crippen LogP contribution in [0.5, 0.6) is 0 Å². The zero-order valence-corrected chi connectivity index (χ0v) is 9.00. The molecule has 0 radical (unpaired) electrons. The zero-order chi connectivity index (χ0) is 11.0. The van der Waals surface area contributed by atoms with Crippen molar-refractivity contribution >= 4 is 16.1 Å². The van der Waals surface area contributed by atoms with Crippen LogP contribution >= 0.6 is 0 Å². The van der Waals surface area contributed by atoms with Gasteiger partial charge in [0, 0.05) is 6.92 Å². The summed E-state index contributed by atoms with van der Waals surface area (Å²) in [7, 11) is -3.36. The van der Waals surface area contributed by atoms with Crippen LogP contribution in [0.1, 0.15) is 19.8 Å². The molecule has 7 heteroatoms. The van der Waals surface area contributed by atoms with Crippen molar-refractivity contribution in [2.24, 2.45) is 0 Å². The van der Waals surface area contributed by atoms with Gasteiger partial charge in [-0.3, -0.25) is 9.07 Å². The van der Waals surface area contributed by atoms with E-state index in [0.717, 1.165) is 6.26 Å². The van der Waals surface area contributed by atoms with Gasteiger partial charge in [-0.05, 0) is 12.8 Å². The minimum absolute atomic E-state index is 0.113. The summed E-state index contributed by atoms with van der Waals surface area (Å²) in [4.78, 5) is 18.9. The maximum absolute atomic E-state index is 10.5. The van der Waals surface area contributed by atoms with E-state index in [9.17, 15) is 13.2 Å². The first-order valence-electron chi connectivity index (χ1n) is 4.06. The molecule has 0 atom stereocenters. The Morgan fingerprint density at radius 3 is 2.29 bits per heavy atom. The summed E-state index contributed by atoms with van der Waals surface area (Å²) in [5.74, 6) is -0.516. The molecule has 0 saturated carbocycles. The molecular weight excluding hydrogens is 212 g/mol. The third-order valence-electron chi connectivity index (χ3n) is 1.10. The van der Waals surface area contributed by atoms with E-state index in [1.54, 1.807) is 0 Å². The Balaban J connectivity index is 3.19. The lowest BCUT2D eigenvalue weighted by molar-refractivity contribution is -0.270. The predicted molar refractivity (Wildman–Crippen MR) is 47.7 cm³/mol. The first kappa shape index (κ1) is 13.3. The van der Waals surface area contributed by atoms with Crippen LogP contribution in [0.25, 0.3) is 0 Å². The third kappa shape index (κ3) is 11.3. The average Bonchev–Trinajstić information content (AvgIpc) is 2.00. The van der Waals surface area contributed by atoms with Gasteiger partial charge in [0.2, 0.25) is 0 Å². The summed E-state index contributed by atoms with van der Waals surface area (Å²) in [5.41, 5.74) is 0. The summed E-state index contributed by atoms with van der Waals surface area (Å²) < 4.78 is 25.4. The van der Waals surface area contributed by atoms with Crippen molar-refractivity contribution in [3.05, 3.63) is 0 Å². The Hall–Kier alpha value is -0.660. The number of rotatable bonds is 7. The molecule has 0 spiro atoms. The topological polar surface area (TPSA) is 78.9 Å². The van der Waals surface area contributed by atoms with Crippen molar-refractivity contribution in [2.45, 2.75) is 19.8 Å². The third-order valence-corrected chi connectivity index (χ3v) is 1.69. The number of unbranched alkanes of at least 4 members (excludes halogenated alkanes) is 1. The SMILES string of the molecule is CC(=O)OOCCCCOS(C)(=O)=O. The zero-order valence-electron chi connectivity index (χ0n) is 8.19. The molecular formula is C7H14O6S. The molecule has 0 unspecified atom stereocenters. The van der Waals surface area contributed by atoms with E-state index in [2.05, 4.69) is 14.0 Å². The minimum atomic E-state index is -3.36. The Morgan fingerprint density at radius 1 is 1.21 bits per heavy atom. The van der Waals surface area contributed by atoms with E-state index >= 15 is 0 Å². The van der Waals surface area contributed by atoms with Crippen molar-refractivity contribution in [2.75, 3.05) is 19.5 Å². The summed E-state index contributed by atoms with van der Waals surface area (Å²) >= 11 is 0. The standard InChI is InChI=1S/C7H14O6S/c1-7(8)13-11-5-3-4-6-12-14(2,9)10/h3-6H2,1-2H3. The highest BCUT2D eigenvalue weighted by Crippen LogP contribution is 1.95. The quantitative estimate of drug-likeness (QED) is 0.268. The van der Waals surface area contributed by atoms with Gasteiger partial charge in [0.15, 0.2) is 0 Å². The maximum atomic E-state index is 10.5. The van der Waals surface area contributed by atoms with Gasteiger partial charge in [0.1, 0.15) is 0 Å². The fourth-order valence-corrected chi connectivity index (χ4v) is 1.02. The molecule has 0 aromatic heterocycles. The summed E-state index contributed by atoms with van der Waals surface area (Å²) in [6, 6.07) is 0. The number of carbonyl (C=O) groups excluding carboxylic acids is 1. The molecule has 0 aromatic rings. The summed E-state index contributed by atoms with van der Waals surface area (Å²) in [5, 5.41) is 0. The van der Waals surface area contributed by atoms with Crippen molar-refractivity contribution in [3.8, 4) is 0 Å². The number of carbonyl (C=O) groups is 1. The van der Waals surface area contributed by atoms with Crippen LogP contribution in [0.3, 0.4) is 0 Å². The highest BCUT2D eigenvalue weighted by Gasteiger charge is 2.00. The van der Waals surface area contributed by atoms with Crippen LogP contribution in [0.2, 0.25) is 0 Å². The van der Waals surface area contributed by atoms with E-state index in [1.165, 1.54) is 6.92 Å². The van der Waals surface area contributed by atoms with Gasteiger partial charge in [0.25, 0.3) is 10.1 Å². The Morgan fingerprint density at radius 2 is 1.79 bits per heavy atom. The second kappa shape index (κ2) is 6.74. The van der Waals surface area contributed by atoms with Crippen LogP contribution in [-0.2, 0) is 28.9 Å². The fraction of sp³-hybridized carbons (Fsp3) is 0.857. The summed E-state index contributed by atoms with van der Waals surface area (Å²) in [6.45, 7) is 1.57. The molecule has 6 nitrogen and oxygen atoms in total. The first-order valence-corrected chi connectivity index (χ1v) is 5.88. The van der Waals surface area contributed by atoms with E-state index in [-0.39, 0.29) is 13.2 Å². The Kier molecular flexibility index (Phi) is 6.43. The molecule has 84 valence electrons. The fourth-order valence-electron chi connectivity index (χ4n) is 0.598. The van der Waals surface area contributed by atoms with Gasteiger partial charge in [0.05, 0.1) is 19.5 Å². The van der Waals surface area contributed by atoms with Gasteiger partial charge < -0.3 is 0 Å². The van der Waals surface area contributed by atoms with Crippen molar-refractivity contribution in [1.29, 1.82) is 0 Å². The molecule has 14 heavy (non-hydrogen) atoms. The van der Waals surface area contributed by atoms with Crippen molar-refractivity contribution in [1.82, 2.24) is 0 Å². The van der Waals surface area contributed by atoms with Gasteiger partial charge >= 0.3 is 5.97 Å². The Labute approximate surface area is 83.2 Å². The van der Waals surface area contributed by atoms with E-state index in [0.29, 0.717) is 12.8 Å². The van der Waals surface area contributed by atoms with Crippen LogP contribution < -0.4 is 0 Å². The smallest absolute Gasteiger partial charge is 0.299 e. The predicted octanol–water partition coefficient (Wildman–Crippen LogP) is 0.238. The van der Waals surface area contributed by atoms with Crippen LogP contribution in [0.4, 0.5) is 0 Å². The van der Waals surface area contributed by atoms with Crippen molar-refractivity contribution < 1.29 is 27.2 Å². The van der Waals surface area contributed by atoms with Gasteiger partial charge in [-0.15, -0.1) is 0 Å². The molecule has 0 aliphatic heterocycles. The van der Waals surface area contributed by atoms with E-state index < -0.39 is 16.1 Å². The molecule has 0 aliphatic rings. The monoisotopic (exact) mass is 226 g/mol. The van der Waals surface area contributed by atoms with Crippen molar-refractivity contribution in [3.63, 3.8) is 0 Å².